The summed E-state index contributed by atoms with van der Waals surface area (Å²) in [6, 6.07) is 70.3. The topological polar surface area (TPSA) is 23.0 Å². The number of furan rings is 1. The fourth-order valence-electron chi connectivity index (χ4n) is 9.02. The molecule has 3 aromatic heterocycles. The van der Waals surface area contributed by atoms with Crippen molar-refractivity contribution in [3.8, 4) is 33.6 Å². The third-order valence-corrected chi connectivity index (χ3v) is 11.5. The van der Waals surface area contributed by atoms with E-state index >= 15 is 0 Å². The van der Waals surface area contributed by atoms with Crippen LogP contribution in [-0.2, 0) is 0 Å². The molecule has 0 atom stereocenters. The van der Waals surface area contributed by atoms with Gasteiger partial charge in [-0.3, -0.25) is 0 Å². The highest BCUT2D eigenvalue weighted by Crippen LogP contribution is 2.43. The minimum atomic E-state index is 0.882. The number of aromatic nitrogens is 2. The number of hydrogen-bond donors (Lipinski definition) is 0. The van der Waals surface area contributed by atoms with Crippen LogP contribution in [0.2, 0.25) is 0 Å². The molecule has 12 rings (SSSR count). The molecule has 0 amide bonds. The second-order valence-corrected chi connectivity index (χ2v) is 14.5. The predicted octanol–water partition coefficient (Wildman–Crippen LogP) is 14.3. The summed E-state index contributed by atoms with van der Waals surface area (Å²) >= 11 is 0. The molecule has 0 saturated heterocycles. The minimum absolute atomic E-state index is 0.882. The third kappa shape index (κ3) is 4.44. The molecule has 12 aromatic rings. The van der Waals surface area contributed by atoms with Gasteiger partial charge in [-0.05, 0) is 87.6 Å². The highest BCUT2D eigenvalue weighted by Gasteiger charge is 2.21. The van der Waals surface area contributed by atoms with Crippen LogP contribution in [0.4, 0.5) is 0 Å². The maximum atomic E-state index is 6.81. The smallest absolute Gasteiger partial charge is 0.159 e. The van der Waals surface area contributed by atoms with E-state index in [9.17, 15) is 0 Å². The standard InChI is InChI=1S/C52H32N2O/c1-2-15-37(16-3-1)53-46-22-9-6-18-40(46)42-27-25-34(30-48(42)53)35-26-28-43-41-19-7-10-23-47(41)54(49(43)31-35)50-32-36(39-21-12-14-33-13-4-5-17-38(33)39)29-45-44-20-8-11-24-51(44)55-52(45)50/h1-32H. The van der Waals surface area contributed by atoms with Gasteiger partial charge in [0.25, 0.3) is 0 Å². The highest BCUT2D eigenvalue weighted by atomic mass is 16.3. The molecule has 3 heteroatoms. The molecule has 0 bridgehead atoms. The van der Waals surface area contributed by atoms with Crippen molar-refractivity contribution in [2.24, 2.45) is 0 Å². The molecule has 0 fully saturated rings. The van der Waals surface area contributed by atoms with Crippen molar-refractivity contribution in [3.05, 3.63) is 194 Å². The number of hydrogen-bond acceptors (Lipinski definition) is 1. The third-order valence-electron chi connectivity index (χ3n) is 11.5. The van der Waals surface area contributed by atoms with Gasteiger partial charge in [0.2, 0.25) is 0 Å². The largest absolute Gasteiger partial charge is 0.454 e. The second-order valence-electron chi connectivity index (χ2n) is 14.5. The van der Waals surface area contributed by atoms with Crippen molar-refractivity contribution in [2.45, 2.75) is 0 Å². The van der Waals surface area contributed by atoms with E-state index in [4.69, 9.17) is 4.42 Å². The molecule has 9 aromatic carbocycles. The fraction of sp³-hybridized carbons (Fsp3) is 0. The first-order valence-corrected chi connectivity index (χ1v) is 18.8. The van der Waals surface area contributed by atoms with Crippen molar-refractivity contribution in [2.75, 3.05) is 0 Å². The molecule has 0 unspecified atom stereocenters. The van der Waals surface area contributed by atoms with E-state index in [0.717, 1.165) is 55.5 Å². The lowest BCUT2D eigenvalue weighted by atomic mass is 9.96. The molecule has 0 aliphatic carbocycles. The van der Waals surface area contributed by atoms with Crippen LogP contribution in [0.15, 0.2) is 199 Å². The first-order valence-electron chi connectivity index (χ1n) is 18.8. The van der Waals surface area contributed by atoms with Crippen LogP contribution in [0, 0.1) is 0 Å². The summed E-state index contributed by atoms with van der Waals surface area (Å²) in [5.74, 6) is 0. The number of benzene rings is 9. The number of para-hydroxylation sites is 4. The summed E-state index contributed by atoms with van der Waals surface area (Å²) in [7, 11) is 0. The number of fused-ring (bicyclic) bond motifs is 10. The van der Waals surface area contributed by atoms with Crippen molar-refractivity contribution in [3.63, 3.8) is 0 Å². The van der Waals surface area contributed by atoms with Crippen molar-refractivity contribution >= 4 is 76.3 Å². The van der Waals surface area contributed by atoms with Gasteiger partial charge < -0.3 is 13.6 Å². The van der Waals surface area contributed by atoms with Gasteiger partial charge in [-0.15, -0.1) is 0 Å². The summed E-state index contributed by atoms with van der Waals surface area (Å²) in [4.78, 5) is 0. The molecule has 0 spiro atoms. The lowest BCUT2D eigenvalue weighted by Crippen LogP contribution is -1.96. The van der Waals surface area contributed by atoms with Crippen LogP contribution in [-0.4, -0.2) is 9.13 Å². The van der Waals surface area contributed by atoms with E-state index in [-0.39, 0.29) is 0 Å². The van der Waals surface area contributed by atoms with Crippen LogP contribution in [0.25, 0.3) is 110 Å². The Morgan fingerprint density at radius 1 is 0.327 bits per heavy atom. The summed E-state index contributed by atoms with van der Waals surface area (Å²) in [5.41, 5.74) is 13.3. The summed E-state index contributed by atoms with van der Waals surface area (Å²) in [6.45, 7) is 0. The molecular formula is C52H32N2O. The lowest BCUT2D eigenvalue weighted by molar-refractivity contribution is 0.666. The predicted molar refractivity (Wildman–Crippen MR) is 231 cm³/mol. The molecule has 0 N–H and O–H groups in total. The van der Waals surface area contributed by atoms with E-state index in [2.05, 4.69) is 203 Å². The van der Waals surface area contributed by atoms with Crippen molar-refractivity contribution in [1.82, 2.24) is 9.13 Å². The quantitative estimate of drug-likeness (QED) is 0.179. The molecule has 55 heavy (non-hydrogen) atoms. The zero-order valence-corrected chi connectivity index (χ0v) is 29.8. The number of nitrogens with zero attached hydrogens (tertiary/aromatic N) is 2. The average Bonchev–Trinajstić information content (AvgIpc) is 3.91. The van der Waals surface area contributed by atoms with Crippen LogP contribution < -0.4 is 0 Å². The molecule has 3 nitrogen and oxygen atoms in total. The SMILES string of the molecule is c1ccc(-n2c3ccccc3c3ccc(-c4ccc5c6ccccc6n(-c6cc(-c7cccc8ccccc78)cc7c6oc6ccccc67)c5c4)cc32)cc1. The molecular weight excluding hydrogens is 669 g/mol. The summed E-state index contributed by atoms with van der Waals surface area (Å²) in [5, 5.41) is 9.60. The van der Waals surface area contributed by atoms with Crippen LogP contribution in [0.5, 0.6) is 0 Å². The van der Waals surface area contributed by atoms with Crippen molar-refractivity contribution < 1.29 is 4.42 Å². The van der Waals surface area contributed by atoms with E-state index in [0.29, 0.717) is 0 Å². The first kappa shape index (κ1) is 30.1. The monoisotopic (exact) mass is 700 g/mol. The minimum Gasteiger partial charge on any atom is -0.454 e. The first-order chi connectivity index (χ1) is 27.3. The number of rotatable bonds is 4. The highest BCUT2D eigenvalue weighted by molar-refractivity contribution is 6.15. The molecule has 0 aliphatic heterocycles. The van der Waals surface area contributed by atoms with E-state index in [1.54, 1.807) is 0 Å². The molecule has 0 aliphatic rings. The van der Waals surface area contributed by atoms with Crippen molar-refractivity contribution in [1.29, 1.82) is 0 Å². The summed E-state index contributed by atoms with van der Waals surface area (Å²) < 4.78 is 11.6. The van der Waals surface area contributed by atoms with E-state index in [1.807, 2.05) is 0 Å². The Bertz CT molecular complexity index is 3480. The van der Waals surface area contributed by atoms with E-state index < -0.39 is 0 Å². The normalized spacial score (nSPS) is 12.0. The van der Waals surface area contributed by atoms with Gasteiger partial charge in [-0.25, -0.2) is 0 Å². The Balaban J connectivity index is 1.15. The van der Waals surface area contributed by atoms with Crippen LogP contribution in [0.3, 0.4) is 0 Å². The molecule has 256 valence electrons. The maximum absolute atomic E-state index is 6.81. The Labute approximate surface area is 316 Å². The Morgan fingerprint density at radius 3 is 1.64 bits per heavy atom. The fourth-order valence-corrected chi connectivity index (χ4v) is 9.02. The molecule has 3 heterocycles. The van der Waals surface area contributed by atoms with Gasteiger partial charge in [0.05, 0.1) is 27.8 Å². The average molecular weight is 701 g/mol. The second kappa shape index (κ2) is 11.6. The van der Waals surface area contributed by atoms with Crippen LogP contribution >= 0.6 is 0 Å². The van der Waals surface area contributed by atoms with Gasteiger partial charge >= 0.3 is 0 Å². The van der Waals surface area contributed by atoms with Gasteiger partial charge in [-0.1, -0.05) is 140 Å². The summed E-state index contributed by atoms with van der Waals surface area (Å²) in [6.07, 6.45) is 0. The Kier molecular flexibility index (Phi) is 6.34. The Hall–Kier alpha value is -7.36. The zero-order chi connectivity index (χ0) is 36.0. The lowest BCUT2D eigenvalue weighted by Gasteiger charge is -2.14. The van der Waals surface area contributed by atoms with Gasteiger partial charge in [0.1, 0.15) is 5.58 Å². The van der Waals surface area contributed by atoms with E-state index in [1.165, 1.54) is 54.5 Å². The van der Waals surface area contributed by atoms with Gasteiger partial charge in [0, 0.05) is 38.0 Å². The maximum Gasteiger partial charge on any atom is 0.159 e. The van der Waals surface area contributed by atoms with Crippen LogP contribution in [0.1, 0.15) is 0 Å². The molecule has 0 saturated carbocycles. The zero-order valence-electron chi connectivity index (χ0n) is 29.8. The van der Waals surface area contributed by atoms with Gasteiger partial charge in [-0.2, -0.15) is 0 Å². The Morgan fingerprint density at radius 2 is 0.891 bits per heavy atom. The molecule has 0 radical (unpaired) electrons. The van der Waals surface area contributed by atoms with Gasteiger partial charge in [0.15, 0.2) is 5.58 Å².